The first kappa shape index (κ1) is 17.5. The predicted octanol–water partition coefficient (Wildman–Crippen LogP) is 4.60. The first-order valence-corrected chi connectivity index (χ1v) is 9.61. The number of carbonyl (C=O) groups is 2. The van der Waals surface area contributed by atoms with Gasteiger partial charge in [0, 0.05) is 17.5 Å². The number of fused-ring (bicyclic) bond motifs is 4. The molecule has 5 nitrogen and oxygen atoms in total. The molecule has 5 rings (SSSR count). The van der Waals surface area contributed by atoms with Crippen molar-refractivity contribution >= 4 is 28.4 Å². The third-order valence-electron chi connectivity index (χ3n) is 5.80. The summed E-state index contributed by atoms with van der Waals surface area (Å²) in [6.07, 6.45) is 4.76. The van der Waals surface area contributed by atoms with Gasteiger partial charge in [-0.2, -0.15) is 0 Å². The van der Waals surface area contributed by atoms with Gasteiger partial charge < -0.3 is 15.2 Å². The van der Waals surface area contributed by atoms with Crippen LogP contribution in [0.15, 0.2) is 72.8 Å². The minimum Gasteiger partial charge on any atom is -0.480 e. The van der Waals surface area contributed by atoms with Crippen molar-refractivity contribution < 1.29 is 19.4 Å². The number of hydrogen-bond donors (Lipinski definition) is 2. The van der Waals surface area contributed by atoms with Gasteiger partial charge in [-0.05, 0) is 53.1 Å². The van der Waals surface area contributed by atoms with Crippen LogP contribution in [-0.4, -0.2) is 23.1 Å². The molecule has 0 radical (unpaired) electrons. The second kappa shape index (κ2) is 6.78. The minimum atomic E-state index is -0.853. The van der Waals surface area contributed by atoms with E-state index in [9.17, 15) is 14.7 Å². The van der Waals surface area contributed by atoms with E-state index in [-0.39, 0.29) is 11.8 Å². The van der Waals surface area contributed by atoms with E-state index in [0.717, 1.165) is 22.0 Å². The van der Waals surface area contributed by atoms with E-state index in [2.05, 4.69) is 5.32 Å². The summed E-state index contributed by atoms with van der Waals surface area (Å²) in [5, 5.41) is 14.7. The third kappa shape index (κ3) is 3.05. The van der Waals surface area contributed by atoms with Crippen LogP contribution in [0.2, 0.25) is 0 Å². The third-order valence-corrected chi connectivity index (χ3v) is 5.80. The molecule has 3 aromatic rings. The Morgan fingerprint density at radius 3 is 2.66 bits per heavy atom. The van der Waals surface area contributed by atoms with Crippen LogP contribution in [0.4, 0.5) is 5.69 Å². The number of anilines is 1. The molecule has 2 N–H and O–H groups in total. The van der Waals surface area contributed by atoms with E-state index >= 15 is 0 Å². The van der Waals surface area contributed by atoms with Crippen LogP contribution in [0.25, 0.3) is 10.8 Å². The normalized spacial score (nSPS) is 21.9. The van der Waals surface area contributed by atoms with Crippen molar-refractivity contribution in [2.45, 2.75) is 18.4 Å². The zero-order chi connectivity index (χ0) is 20.0. The van der Waals surface area contributed by atoms with Gasteiger partial charge in [0.2, 0.25) is 0 Å². The number of benzene rings is 3. The summed E-state index contributed by atoms with van der Waals surface area (Å²) in [6, 6.07) is 18.1. The summed E-state index contributed by atoms with van der Waals surface area (Å²) < 4.78 is 5.60. The Labute approximate surface area is 167 Å². The van der Waals surface area contributed by atoms with Crippen molar-refractivity contribution in [3.8, 4) is 5.75 Å². The SMILES string of the molecule is O=C(Oc1ccc2ccccc2c1)c1ccc2c(c1)[C@H]1C=CC[C@H]1[C@H](C(=O)O)N2. The fourth-order valence-corrected chi connectivity index (χ4v) is 4.36. The van der Waals surface area contributed by atoms with Gasteiger partial charge in [-0.25, -0.2) is 9.59 Å². The number of carboxylic acid groups (broad SMARTS) is 1. The summed E-state index contributed by atoms with van der Waals surface area (Å²) in [5.74, 6) is -0.849. The number of carbonyl (C=O) groups excluding carboxylic acids is 1. The standard InChI is InChI=1S/C24H19NO4/c26-23(27)22-19-7-3-6-18(19)20-13-16(9-11-21(20)25-22)24(28)29-17-10-8-14-4-1-2-5-15(14)12-17/h1-6,8-13,18-19,22,25H,7H2,(H,26,27)/t18-,19+,22+/m0/s1. The number of hydrogen-bond acceptors (Lipinski definition) is 4. The molecular weight excluding hydrogens is 366 g/mol. The van der Waals surface area contributed by atoms with Crippen LogP contribution in [0.5, 0.6) is 5.75 Å². The van der Waals surface area contributed by atoms with Gasteiger partial charge in [0.05, 0.1) is 5.56 Å². The molecule has 0 bridgehead atoms. The second-order valence-electron chi connectivity index (χ2n) is 7.51. The van der Waals surface area contributed by atoms with Crippen molar-refractivity contribution in [2.24, 2.45) is 5.92 Å². The van der Waals surface area contributed by atoms with Crippen LogP contribution in [-0.2, 0) is 4.79 Å². The van der Waals surface area contributed by atoms with Crippen molar-refractivity contribution in [1.29, 1.82) is 0 Å². The van der Waals surface area contributed by atoms with Crippen LogP contribution in [0.1, 0.15) is 28.3 Å². The maximum absolute atomic E-state index is 12.7. The second-order valence-corrected chi connectivity index (χ2v) is 7.51. The average Bonchev–Trinajstić information content (AvgIpc) is 3.22. The van der Waals surface area contributed by atoms with Crippen LogP contribution < -0.4 is 10.1 Å². The molecule has 3 atom stereocenters. The highest BCUT2D eigenvalue weighted by Crippen LogP contribution is 2.44. The summed E-state index contributed by atoms with van der Waals surface area (Å²) in [5.41, 5.74) is 2.15. The summed E-state index contributed by atoms with van der Waals surface area (Å²) in [6.45, 7) is 0. The number of rotatable bonds is 3. The van der Waals surface area contributed by atoms with Crippen molar-refractivity contribution in [2.75, 3.05) is 5.32 Å². The lowest BCUT2D eigenvalue weighted by atomic mass is 9.79. The molecule has 0 saturated heterocycles. The lowest BCUT2D eigenvalue weighted by molar-refractivity contribution is -0.139. The number of allylic oxidation sites excluding steroid dienone is 2. The van der Waals surface area contributed by atoms with Crippen LogP contribution in [0.3, 0.4) is 0 Å². The number of esters is 1. The zero-order valence-corrected chi connectivity index (χ0v) is 15.5. The molecule has 5 heteroatoms. The van der Waals surface area contributed by atoms with E-state index in [1.807, 2.05) is 54.6 Å². The number of nitrogens with one attached hydrogen (secondary N) is 1. The Balaban J connectivity index is 1.43. The van der Waals surface area contributed by atoms with Crippen LogP contribution in [0, 0.1) is 5.92 Å². The van der Waals surface area contributed by atoms with E-state index in [0.29, 0.717) is 17.7 Å². The monoisotopic (exact) mass is 385 g/mol. The van der Waals surface area contributed by atoms with Gasteiger partial charge in [-0.3, -0.25) is 0 Å². The Kier molecular flexibility index (Phi) is 4.09. The molecule has 1 aliphatic heterocycles. The molecule has 2 aliphatic rings. The number of ether oxygens (including phenoxy) is 1. The molecule has 0 spiro atoms. The molecule has 3 aromatic carbocycles. The van der Waals surface area contributed by atoms with E-state index in [1.165, 1.54) is 0 Å². The maximum atomic E-state index is 12.7. The number of carboxylic acids is 1. The molecule has 0 saturated carbocycles. The topological polar surface area (TPSA) is 75.6 Å². The highest BCUT2D eigenvalue weighted by Gasteiger charge is 2.40. The van der Waals surface area contributed by atoms with Gasteiger partial charge in [-0.15, -0.1) is 0 Å². The van der Waals surface area contributed by atoms with Crippen molar-refractivity contribution in [1.82, 2.24) is 0 Å². The highest BCUT2D eigenvalue weighted by atomic mass is 16.5. The van der Waals surface area contributed by atoms with E-state index in [4.69, 9.17) is 4.74 Å². The van der Waals surface area contributed by atoms with Gasteiger partial charge in [0.1, 0.15) is 11.8 Å². The smallest absolute Gasteiger partial charge is 0.343 e. The molecule has 1 heterocycles. The molecule has 1 aliphatic carbocycles. The lowest BCUT2D eigenvalue weighted by Gasteiger charge is -2.34. The molecule has 0 fully saturated rings. The van der Waals surface area contributed by atoms with Crippen molar-refractivity contribution in [3.05, 3.63) is 83.9 Å². The highest BCUT2D eigenvalue weighted by molar-refractivity contribution is 5.93. The van der Waals surface area contributed by atoms with Crippen LogP contribution >= 0.6 is 0 Å². The number of aliphatic carboxylic acids is 1. The van der Waals surface area contributed by atoms with Gasteiger partial charge >= 0.3 is 11.9 Å². The Hall–Kier alpha value is -3.60. The largest absolute Gasteiger partial charge is 0.480 e. The Bertz CT molecular complexity index is 1170. The maximum Gasteiger partial charge on any atom is 0.343 e. The fraction of sp³-hybridized carbons (Fsp3) is 0.167. The first-order chi connectivity index (χ1) is 14.1. The molecule has 0 unspecified atom stereocenters. The van der Waals surface area contributed by atoms with Gasteiger partial charge in [0.25, 0.3) is 0 Å². The lowest BCUT2D eigenvalue weighted by Crippen LogP contribution is -2.41. The van der Waals surface area contributed by atoms with E-state index < -0.39 is 18.0 Å². The molecule has 0 amide bonds. The minimum absolute atomic E-state index is 0.0132. The fourth-order valence-electron chi connectivity index (χ4n) is 4.36. The summed E-state index contributed by atoms with van der Waals surface area (Å²) >= 11 is 0. The quantitative estimate of drug-likeness (QED) is 0.392. The Morgan fingerprint density at radius 2 is 1.83 bits per heavy atom. The summed E-state index contributed by atoms with van der Waals surface area (Å²) in [7, 11) is 0. The molecular formula is C24H19NO4. The van der Waals surface area contributed by atoms with Gasteiger partial charge in [-0.1, -0.05) is 42.5 Å². The van der Waals surface area contributed by atoms with Gasteiger partial charge in [0.15, 0.2) is 0 Å². The molecule has 0 aromatic heterocycles. The average molecular weight is 385 g/mol. The molecule has 29 heavy (non-hydrogen) atoms. The van der Waals surface area contributed by atoms with E-state index in [1.54, 1.807) is 18.2 Å². The summed E-state index contributed by atoms with van der Waals surface area (Å²) in [4.78, 5) is 24.4. The zero-order valence-electron chi connectivity index (χ0n) is 15.5. The van der Waals surface area contributed by atoms with Crippen molar-refractivity contribution in [3.63, 3.8) is 0 Å². The Morgan fingerprint density at radius 1 is 1.00 bits per heavy atom. The predicted molar refractivity (Wildman–Crippen MR) is 110 cm³/mol. The first-order valence-electron chi connectivity index (χ1n) is 9.61. The molecule has 144 valence electrons.